The first-order chi connectivity index (χ1) is 24.7. The van der Waals surface area contributed by atoms with Crippen LogP contribution in [-0.4, -0.2) is 50.4 Å². The number of carbonyl (C=O) groups excluding carboxylic acids is 1. The van der Waals surface area contributed by atoms with E-state index >= 15 is 0 Å². The van der Waals surface area contributed by atoms with Crippen molar-refractivity contribution in [3.8, 4) is 0 Å². The molecule has 0 radical (unpaired) electrons. The maximum atomic E-state index is 14.5. The number of rotatable bonds is 17. The molecule has 1 aliphatic rings. The molecule has 0 saturated carbocycles. The lowest BCUT2D eigenvalue weighted by Gasteiger charge is -2.40. The van der Waals surface area contributed by atoms with Gasteiger partial charge in [0.15, 0.2) is 5.82 Å². The summed E-state index contributed by atoms with van der Waals surface area (Å²) in [5.41, 5.74) is 2.93. The summed E-state index contributed by atoms with van der Waals surface area (Å²) in [6.45, 7) is 8.99. The fraction of sp³-hybridized carbons (Fsp3) is 0.381. The van der Waals surface area contributed by atoms with E-state index < -0.39 is 11.6 Å². The molecule has 1 aliphatic heterocycles. The molecular formula is C42H50BN5O3. The SMILES string of the molecule is CC1(C)OB(CCCCC(NC(c2ccccc2)(c2ccccc2)c2ccccc2)C(=O)CCc2nnnn2CCc2ccccc2)OC1(C)C. The van der Waals surface area contributed by atoms with E-state index in [4.69, 9.17) is 9.31 Å². The fourth-order valence-corrected chi connectivity index (χ4v) is 7.00. The largest absolute Gasteiger partial charge is 0.457 e. The van der Waals surface area contributed by atoms with E-state index in [1.807, 2.05) is 41.1 Å². The molecule has 1 aromatic heterocycles. The van der Waals surface area contributed by atoms with Gasteiger partial charge in [-0.1, -0.05) is 134 Å². The van der Waals surface area contributed by atoms with E-state index in [-0.39, 0.29) is 24.1 Å². The zero-order valence-corrected chi connectivity index (χ0v) is 30.4. The van der Waals surface area contributed by atoms with Crippen LogP contribution in [0.15, 0.2) is 121 Å². The Morgan fingerprint density at radius 1 is 0.745 bits per heavy atom. The van der Waals surface area contributed by atoms with Gasteiger partial charge in [-0.3, -0.25) is 10.1 Å². The van der Waals surface area contributed by atoms with Gasteiger partial charge in [0.2, 0.25) is 0 Å². The number of ketones is 1. The van der Waals surface area contributed by atoms with E-state index in [9.17, 15) is 4.79 Å². The Morgan fingerprint density at radius 2 is 1.25 bits per heavy atom. The van der Waals surface area contributed by atoms with Gasteiger partial charge in [0.25, 0.3) is 0 Å². The first-order valence-electron chi connectivity index (χ1n) is 18.3. The average Bonchev–Trinajstić information content (AvgIpc) is 3.69. The van der Waals surface area contributed by atoms with Crippen LogP contribution in [0.5, 0.6) is 0 Å². The summed E-state index contributed by atoms with van der Waals surface area (Å²) >= 11 is 0. The van der Waals surface area contributed by atoms with Crippen LogP contribution in [-0.2, 0) is 39.0 Å². The van der Waals surface area contributed by atoms with Crippen LogP contribution in [0.2, 0.25) is 6.32 Å². The van der Waals surface area contributed by atoms with Gasteiger partial charge in [0.1, 0.15) is 5.78 Å². The second-order valence-electron chi connectivity index (χ2n) is 14.5. The van der Waals surface area contributed by atoms with Gasteiger partial charge < -0.3 is 9.31 Å². The van der Waals surface area contributed by atoms with Gasteiger partial charge in [-0.05, 0) is 79.5 Å². The van der Waals surface area contributed by atoms with Crippen molar-refractivity contribution in [2.75, 3.05) is 0 Å². The normalized spacial score (nSPS) is 15.9. The van der Waals surface area contributed by atoms with Crippen LogP contribution in [0.25, 0.3) is 0 Å². The van der Waals surface area contributed by atoms with Gasteiger partial charge in [0, 0.05) is 19.4 Å². The molecule has 8 nitrogen and oxygen atoms in total. The zero-order chi connectivity index (χ0) is 35.7. The van der Waals surface area contributed by atoms with Crippen LogP contribution in [0, 0.1) is 0 Å². The first-order valence-corrected chi connectivity index (χ1v) is 18.3. The lowest BCUT2D eigenvalue weighted by atomic mass is 9.75. The number of unbranched alkanes of at least 4 members (excludes halogenated alkanes) is 1. The van der Waals surface area contributed by atoms with Crippen LogP contribution in [0.4, 0.5) is 0 Å². The third kappa shape index (κ3) is 8.55. The number of benzene rings is 4. The summed E-state index contributed by atoms with van der Waals surface area (Å²) in [7, 11) is -0.260. The minimum absolute atomic E-state index is 0.135. The summed E-state index contributed by atoms with van der Waals surface area (Å²) in [4.78, 5) is 14.5. The number of nitrogens with zero attached hydrogens (tertiary/aromatic N) is 4. The molecule has 4 aromatic carbocycles. The molecule has 2 heterocycles. The van der Waals surface area contributed by atoms with Crippen molar-refractivity contribution in [2.24, 2.45) is 0 Å². The smallest absolute Gasteiger partial charge is 0.403 e. The molecule has 1 fully saturated rings. The highest BCUT2D eigenvalue weighted by atomic mass is 16.7. The first kappa shape index (κ1) is 36.4. The molecule has 264 valence electrons. The molecule has 1 atom stereocenters. The fourth-order valence-electron chi connectivity index (χ4n) is 7.00. The molecule has 6 rings (SSSR count). The lowest BCUT2D eigenvalue weighted by molar-refractivity contribution is -0.121. The molecule has 5 aromatic rings. The number of aryl methyl sites for hydroxylation is 3. The molecule has 1 saturated heterocycles. The van der Waals surface area contributed by atoms with E-state index in [0.717, 1.165) is 48.1 Å². The minimum atomic E-state index is -0.771. The Morgan fingerprint density at radius 3 is 1.78 bits per heavy atom. The van der Waals surface area contributed by atoms with Crippen LogP contribution in [0.3, 0.4) is 0 Å². The molecule has 0 aliphatic carbocycles. The molecule has 9 heteroatoms. The van der Waals surface area contributed by atoms with Crippen molar-refractivity contribution in [1.29, 1.82) is 0 Å². The number of hydrogen-bond acceptors (Lipinski definition) is 7. The predicted molar refractivity (Wildman–Crippen MR) is 202 cm³/mol. The second kappa shape index (κ2) is 16.3. The minimum Gasteiger partial charge on any atom is -0.403 e. The predicted octanol–water partition coefficient (Wildman–Crippen LogP) is 7.63. The van der Waals surface area contributed by atoms with E-state index in [1.54, 1.807) is 0 Å². The number of Topliss-reactive ketones (excluding diaryl/α,β-unsaturated/α-hetero) is 1. The van der Waals surface area contributed by atoms with Crippen molar-refractivity contribution >= 4 is 12.9 Å². The van der Waals surface area contributed by atoms with Crippen molar-refractivity contribution in [3.63, 3.8) is 0 Å². The molecule has 0 bridgehead atoms. The maximum Gasteiger partial charge on any atom is 0.457 e. The van der Waals surface area contributed by atoms with Crippen LogP contribution in [0.1, 0.15) is 81.5 Å². The number of carbonyl (C=O) groups is 1. The summed E-state index contributed by atoms with van der Waals surface area (Å²) in [5.74, 6) is 0.856. The molecule has 1 N–H and O–H groups in total. The number of nitrogens with one attached hydrogen (secondary N) is 1. The van der Waals surface area contributed by atoms with Gasteiger partial charge >= 0.3 is 7.12 Å². The van der Waals surface area contributed by atoms with E-state index in [2.05, 4.69) is 133 Å². The quantitative estimate of drug-likeness (QED) is 0.0613. The summed E-state index contributed by atoms with van der Waals surface area (Å²) in [5, 5.41) is 16.5. The highest BCUT2D eigenvalue weighted by Crippen LogP contribution is 2.39. The lowest BCUT2D eigenvalue weighted by Crippen LogP contribution is -2.52. The third-order valence-corrected chi connectivity index (χ3v) is 10.5. The van der Waals surface area contributed by atoms with E-state index in [0.29, 0.717) is 25.8 Å². The van der Waals surface area contributed by atoms with Crippen molar-refractivity contribution in [1.82, 2.24) is 25.5 Å². The van der Waals surface area contributed by atoms with Crippen LogP contribution >= 0.6 is 0 Å². The highest BCUT2D eigenvalue weighted by Gasteiger charge is 2.50. The number of aromatic nitrogens is 4. The number of hydrogen-bond donors (Lipinski definition) is 1. The molecular weight excluding hydrogens is 633 g/mol. The second-order valence-corrected chi connectivity index (χ2v) is 14.5. The standard InChI is InChI=1S/C42H50BN5O3/c1-40(2)41(3,4)51-43(50-40)31-18-17-27-37(38(49)28-29-39-45-46-47-48(39)32-30-33-19-9-5-10-20-33)44-42(34-21-11-6-12-22-34,35-23-13-7-14-24-35)36-25-15-8-16-26-36/h5-16,19-26,37,44H,17-18,27-32H2,1-4H3. The summed E-state index contributed by atoms with van der Waals surface area (Å²) in [6.07, 6.45) is 4.72. The Bertz CT molecular complexity index is 1700. The maximum absolute atomic E-state index is 14.5. The highest BCUT2D eigenvalue weighted by molar-refractivity contribution is 6.45. The average molecular weight is 684 g/mol. The molecule has 51 heavy (non-hydrogen) atoms. The van der Waals surface area contributed by atoms with Crippen molar-refractivity contribution < 1.29 is 14.1 Å². The summed E-state index contributed by atoms with van der Waals surface area (Å²) in [6, 6.07) is 41.2. The van der Waals surface area contributed by atoms with Gasteiger partial charge in [0.05, 0.1) is 22.8 Å². The molecule has 0 spiro atoms. The molecule has 0 amide bonds. The Balaban J connectivity index is 1.25. The van der Waals surface area contributed by atoms with Gasteiger partial charge in [-0.15, -0.1) is 5.10 Å². The van der Waals surface area contributed by atoms with Crippen LogP contribution < -0.4 is 5.32 Å². The van der Waals surface area contributed by atoms with Gasteiger partial charge in [-0.2, -0.15) is 0 Å². The number of tetrazole rings is 1. The van der Waals surface area contributed by atoms with E-state index in [1.165, 1.54) is 5.56 Å². The van der Waals surface area contributed by atoms with Gasteiger partial charge in [-0.25, -0.2) is 4.68 Å². The Hall–Kier alpha value is -4.44. The third-order valence-electron chi connectivity index (χ3n) is 10.5. The van der Waals surface area contributed by atoms with Crippen molar-refractivity contribution in [3.05, 3.63) is 149 Å². The Kier molecular flexibility index (Phi) is 11.6. The van der Waals surface area contributed by atoms with Crippen molar-refractivity contribution in [2.45, 2.75) is 102 Å². The monoisotopic (exact) mass is 683 g/mol. The topological polar surface area (TPSA) is 91.2 Å². The zero-order valence-electron chi connectivity index (χ0n) is 30.4. The molecule has 1 unspecified atom stereocenters. The Labute approximate surface area is 303 Å². The summed E-state index contributed by atoms with van der Waals surface area (Å²) < 4.78 is 14.4.